The molecule has 1 aliphatic heterocycles. The number of hydrogen-bond donors (Lipinski definition) is 1. The summed E-state index contributed by atoms with van der Waals surface area (Å²) in [5.41, 5.74) is 5.45. The highest BCUT2D eigenvalue weighted by molar-refractivity contribution is 9.10. The first-order valence-electron chi connectivity index (χ1n) is 9.08. The summed E-state index contributed by atoms with van der Waals surface area (Å²) in [5.74, 6) is 1.70. The third-order valence-electron chi connectivity index (χ3n) is 5.06. The van der Waals surface area contributed by atoms with Gasteiger partial charge in [0, 0.05) is 10.2 Å². The van der Waals surface area contributed by atoms with Crippen molar-refractivity contribution in [1.29, 1.82) is 0 Å². The van der Waals surface area contributed by atoms with Crippen molar-refractivity contribution in [2.45, 2.75) is 6.04 Å². The van der Waals surface area contributed by atoms with E-state index in [1.807, 2.05) is 24.3 Å². The van der Waals surface area contributed by atoms with Crippen molar-refractivity contribution in [1.82, 2.24) is 9.55 Å². The van der Waals surface area contributed by atoms with E-state index in [0.717, 1.165) is 38.5 Å². The van der Waals surface area contributed by atoms with Gasteiger partial charge in [0.2, 0.25) is 5.95 Å². The lowest BCUT2D eigenvalue weighted by Gasteiger charge is -2.26. The lowest BCUT2D eigenvalue weighted by atomic mass is 10.0. The Morgan fingerprint density at radius 1 is 0.964 bits per heavy atom. The molecule has 28 heavy (non-hydrogen) atoms. The van der Waals surface area contributed by atoms with E-state index in [-0.39, 0.29) is 6.04 Å². The Labute approximate surface area is 171 Å². The first-order valence-corrected chi connectivity index (χ1v) is 9.88. The zero-order chi connectivity index (χ0) is 19.1. The van der Waals surface area contributed by atoms with Gasteiger partial charge in [-0.25, -0.2) is 4.98 Å². The number of imidazole rings is 1. The summed E-state index contributed by atoms with van der Waals surface area (Å²) in [5, 5.41) is 3.52. The van der Waals surface area contributed by atoms with Crippen LogP contribution in [0.15, 0.2) is 83.3 Å². The van der Waals surface area contributed by atoms with Crippen LogP contribution in [-0.4, -0.2) is 16.7 Å². The molecule has 1 N–H and O–H groups in total. The van der Waals surface area contributed by atoms with Gasteiger partial charge in [-0.2, -0.15) is 0 Å². The van der Waals surface area contributed by atoms with Gasteiger partial charge in [0.05, 0.1) is 24.2 Å². The number of methoxy groups -OCH3 is 1. The van der Waals surface area contributed by atoms with Crippen molar-refractivity contribution in [3.05, 3.63) is 94.5 Å². The van der Waals surface area contributed by atoms with Crippen molar-refractivity contribution < 1.29 is 4.74 Å². The van der Waals surface area contributed by atoms with Crippen LogP contribution < -0.4 is 10.1 Å². The highest BCUT2D eigenvalue weighted by atomic mass is 79.9. The minimum atomic E-state index is 0.0354. The van der Waals surface area contributed by atoms with Crippen LogP contribution in [0.25, 0.3) is 16.7 Å². The van der Waals surface area contributed by atoms with Crippen molar-refractivity contribution in [2.75, 3.05) is 12.4 Å². The molecule has 0 radical (unpaired) electrons. The van der Waals surface area contributed by atoms with Crippen LogP contribution in [0.4, 0.5) is 5.95 Å². The van der Waals surface area contributed by atoms with E-state index in [1.54, 1.807) is 7.11 Å². The van der Waals surface area contributed by atoms with E-state index in [0.29, 0.717) is 0 Å². The van der Waals surface area contributed by atoms with Crippen LogP contribution >= 0.6 is 15.9 Å². The van der Waals surface area contributed by atoms with Crippen molar-refractivity contribution in [3.8, 4) is 5.75 Å². The molecular formula is C23H18BrN3O. The normalized spacial score (nSPS) is 15.6. The number of nitrogens with zero attached hydrogens (tertiary/aromatic N) is 2. The number of aromatic nitrogens is 2. The van der Waals surface area contributed by atoms with Crippen LogP contribution in [0.2, 0.25) is 0 Å². The smallest absolute Gasteiger partial charge is 0.209 e. The second-order valence-corrected chi connectivity index (χ2v) is 7.64. The van der Waals surface area contributed by atoms with E-state index in [9.17, 15) is 0 Å². The highest BCUT2D eigenvalue weighted by Gasteiger charge is 2.25. The summed E-state index contributed by atoms with van der Waals surface area (Å²) in [6.45, 7) is 0. The lowest BCUT2D eigenvalue weighted by molar-refractivity contribution is 0.414. The molecule has 1 aromatic heterocycles. The number of halogens is 1. The van der Waals surface area contributed by atoms with Crippen LogP contribution in [-0.2, 0) is 0 Å². The molecule has 4 aromatic rings. The van der Waals surface area contributed by atoms with Gasteiger partial charge in [-0.15, -0.1) is 0 Å². The topological polar surface area (TPSA) is 39.1 Å². The van der Waals surface area contributed by atoms with Gasteiger partial charge < -0.3 is 10.1 Å². The van der Waals surface area contributed by atoms with Crippen molar-refractivity contribution in [2.24, 2.45) is 0 Å². The molecule has 138 valence electrons. The number of nitrogens with one attached hydrogen (secondary N) is 1. The Kier molecular flexibility index (Phi) is 4.17. The molecule has 0 amide bonds. The molecule has 0 unspecified atom stereocenters. The number of ether oxygens (including phenoxy) is 1. The van der Waals surface area contributed by atoms with Gasteiger partial charge in [-0.1, -0.05) is 52.3 Å². The molecule has 5 heteroatoms. The van der Waals surface area contributed by atoms with Crippen LogP contribution in [0.1, 0.15) is 17.2 Å². The maximum absolute atomic E-state index is 5.33. The summed E-state index contributed by atoms with van der Waals surface area (Å²) in [7, 11) is 1.69. The third-order valence-corrected chi connectivity index (χ3v) is 5.59. The van der Waals surface area contributed by atoms with Gasteiger partial charge >= 0.3 is 0 Å². The molecule has 4 nitrogen and oxygen atoms in total. The Bertz CT molecular complexity index is 1180. The van der Waals surface area contributed by atoms with Gasteiger partial charge in [-0.3, -0.25) is 4.57 Å². The van der Waals surface area contributed by atoms with E-state index < -0.39 is 0 Å². The van der Waals surface area contributed by atoms with E-state index in [2.05, 4.69) is 80.4 Å². The van der Waals surface area contributed by atoms with Crippen molar-refractivity contribution in [3.63, 3.8) is 0 Å². The first kappa shape index (κ1) is 17.1. The minimum absolute atomic E-state index is 0.0354. The van der Waals surface area contributed by atoms with Crippen molar-refractivity contribution >= 4 is 38.6 Å². The average molecular weight is 432 g/mol. The SMILES string of the molecule is COc1ccc([C@@H]2C=C(c3ccc(Br)cc3)Nc3nc4ccccc4n32)cc1. The fourth-order valence-electron chi connectivity index (χ4n) is 3.65. The third kappa shape index (κ3) is 2.88. The minimum Gasteiger partial charge on any atom is -0.497 e. The van der Waals surface area contributed by atoms with E-state index >= 15 is 0 Å². The fraction of sp³-hybridized carbons (Fsp3) is 0.0870. The molecule has 3 aromatic carbocycles. The Hall–Kier alpha value is -3.05. The van der Waals surface area contributed by atoms with E-state index in [4.69, 9.17) is 9.72 Å². The monoisotopic (exact) mass is 431 g/mol. The van der Waals surface area contributed by atoms with Gasteiger partial charge in [0.1, 0.15) is 5.75 Å². The maximum atomic E-state index is 5.33. The zero-order valence-electron chi connectivity index (χ0n) is 15.3. The first-order chi connectivity index (χ1) is 13.7. The zero-order valence-corrected chi connectivity index (χ0v) is 16.8. The van der Waals surface area contributed by atoms with Gasteiger partial charge in [0.15, 0.2) is 0 Å². The predicted octanol–water partition coefficient (Wildman–Crippen LogP) is 5.86. The predicted molar refractivity (Wildman–Crippen MR) is 117 cm³/mol. The van der Waals surface area contributed by atoms with Gasteiger partial charge in [0.25, 0.3) is 0 Å². The number of rotatable bonds is 3. The van der Waals surface area contributed by atoms with E-state index in [1.165, 1.54) is 5.56 Å². The van der Waals surface area contributed by atoms with Crippen LogP contribution in [0, 0.1) is 0 Å². The molecule has 0 saturated carbocycles. The summed E-state index contributed by atoms with van der Waals surface area (Å²) >= 11 is 3.51. The number of benzene rings is 3. The average Bonchev–Trinajstić information content (AvgIpc) is 3.12. The second kappa shape index (κ2) is 6.84. The number of fused-ring (bicyclic) bond motifs is 3. The number of hydrogen-bond acceptors (Lipinski definition) is 3. The summed E-state index contributed by atoms with van der Waals surface area (Å²) < 4.78 is 8.64. The molecule has 2 heterocycles. The number of anilines is 1. The molecule has 0 bridgehead atoms. The standard InChI is InChI=1S/C23H18BrN3O/c1-28-18-12-8-16(9-13-18)22-14-20(15-6-10-17(24)11-7-15)26-23-25-19-4-2-3-5-21(19)27(22)23/h2-14,22H,1H3,(H,25,26)/t22-/m0/s1. The Morgan fingerprint density at radius 2 is 1.71 bits per heavy atom. The maximum Gasteiger partial charge on any atom is 0.209 e. The van der Waals surface area contributed by atoms with Crippen LogP contribution in [0.3, 0.4) is 0 Å². The molecule has 0 fully saturated rings. The Morgan fingerprint density at radius 3 is 2.46 bits per heavy atom. The Balaban J connectivity index is 1.68. The molecule has 0 spiro atoms. The largest absolute Gasteiger partial charge is 0.497 e. The van der Waals surface area contributed by atoms with Crippen LogP contribution in [0.5, 0.6) is 5.75 Å². The molecule has 1 atom stereocenters. The highest BCUT2D eigenvalue weighted by Crippen LogP contribution is 2.37. The molecule has 0 aliphatic carbocycles. The molecule has 1 aliphatic rings. The molecular weight excluding hydrogens is 414 g/mol. The summed E-state index contributed by atoms with van der Waals surface area (Å²) in [6, 6.07) is 24.8. The summed E-state index contributed by atoms with van der Waals surface area (Å²) in [4.78, 5) is 4.83. The quantitative estimate of drug-likeness (QED) is 0.441. The fourth-order valence-corrected chi connectivity index (χ4v) is 3.92. The second-order valence-electron chi connectivity index (χ2n) is 6.72. The lowest BCUT2D eigenvalue weighted by Crippen LogP contribution is -2.19. The number of allylic oxidation sites excluding steroid dienone is 1. The molecule has 0 saturated heterocycles. The van der Waals surface area contributed by atoms with Gasteiger partial charge in [-0.05, 0) is 53.6 Å². The molecule has 5 rings (SSSR count). The number of para-hydroxylation sites is 2. The summed E-state index contributed by atoms with van der Waals surface area (Å²) in [6.07, 6.45) is 2.26.